The zero-order chi connectivity index (χ0) is 18.7. The number of nitrogens with one attached hydrogen (secondary N) is 3. The molecule has 1 aliphatic heterocycles. The third-order valence-electron chi connectivity index (χ3n) is 4.55. The Morgan fingerprint density at radius 1 is 1.27 bits per heavy atom. The number of hydrogen-bond donors (Lipinski definition) is 3. The van der Waals surface area contributed by atoms with Crippen molar-refractivity contribution in [2.24, 2.45) is 5.92 Å². The highest BCUT2D eigenvalue weighted by Gasteiger charge is 2.39. The largest absolute Gasteiger partial charge is 0.361 e. The molecular formula is C19H24N4O3. The number of aromatic nitrogens is 1. The van der Waals surface area contributed by atoms with Crippen LogP contribution in [0, 0.1) is 5.92 Å². The minimum absolute atomic E-state index is 0.243. The summed E-state index contributed by atoms with van der Waals surface area (Å²) in [5, 5.41) is 6.46. The maximum Gasteiger partial charge on any atom is 0.325 e. The first-order valence-electron chi connectivity index (χ1n) is 8.89. The van der Waals surface area contributed by atoms with Gasteiger partial charge in [0.05, 0.1) is 0 Å². The molecule has 0 radical (unpaired) electrons. The molecule has 1 aliphatic rings. The van der Waals surface area contributed by atoms with Gasteiger partial charge in [-0.3, -0.25) is 14.5 Å². The van der Waals surface area contributed by atoms with Crippen molar-refractivity contribution in [1.82, 2.24) is 20.5 Å². The second-order valence-electron chi connectivity index (χ2n) is 7.02. The Morgan fingerprint density at radius 3 is 2.81 bits per heavy atom. The fourth-order valence-electron chi connectivity index (χ4n) is 3.09. The number of fused-ring (bicyclic) bond motifs is 1. The van der Waals surface area contributed by atoms with E-state index in [9.17, 15) is 14.4 Å². The Balaban J connectivity index is 1.61. The lowest BCUT2D eigenvalue weighted by atomic mass is 10.1. The molecule has 7 heteroatoms. The highest BCUT2D eigenvalue weighted by atomic mass is 16.2. The zero-order valence-electron chi connectivity index (χ0n) is 15.0. The van der Waals surface area contributed by atoms with Crippen LogP contribution in [0.4, 0.5) is 4.79 Å². The Bertz CT molecular complexity index is 827. The molecule has 4 amide bonds. The summed E-state index contributed by atoms with van der Waals surface area (Å²) in [6.07, 6.45) is 3.10. The SMILES string of the molecule is CC(C)CCNC(=O)CN1C(=O)NC(Cc2c[nH]c3ccccc23)C1=O. The standard InChI is InChI=1S/C19H24N4O3/c1-12(2)7-8-20-17(24)11-23-18(25)16(22-19(23)26)9-13-10-21-15-6-4-3-5-14(13)15/h3-6,10,12,16,21H,7-9,11H2,1-2H3,(H,20,24)(H,22,26). The van der Waals surface area contributed by atoms with E-state index in [-0.39, 0.29) is 18.4 Å². The van der Waals surface area contributed by atoms with Crippen molar-refractivity contribution >= 4 is 28.7 Å². The number of H-pyrrole nitrogens is 1. The van der Waals surface area contributed by atoms with Crippen LogP contribution >= 0.6 is 0 Å². The average Bonchev–Trinajstić information content (AvgIpc) is 3.11. The third-order valence-corrected chi connectivity index (χ3v) is 4.55. The number of carbonyl (C=O) groups excluding carboxylic acids is 3. The van der Waals surface area contributed by atoms with Crippen molar-refractivity contribution in [2.75, 3.05) is 13.1 Å². The van der Waals surface area contributed by atoms with Crippen LogP contribution in [-0.4, -0.2) is 46.9 Å². The van der Waals surface area contributed by atoms with Crippen LogP contribution in [0.3, 0.4) is 0 Å². The van der Waals surface area contributed by atoms with Crippen molar-refractivity contribution in [3.8, 4) is 0 Å². The van der Waals surface area contributed by atoms with Crippen LogP contribution in [0.25, 0.3) is 10.9 Å². The lowest BCUT2D eigenvalue weighted by molar-refractivity contribution is -0.132. The number of hydrogen-bond acceptors (Lipinski definition) is 3. The van der Waals surface area contributed by atoms with E-state index in [4.69, 9.17) is 0 Å². The molecule has 1 atom stereocenters. The minimum atomic E-state index is -0.648. The maximum absolute atomic E-state index is 12.5. The fourth-order valence-corrected chi connectivity index (χ4v) is 3.09. The number of para-hydroxylation sites is 1. The third kappa shape index (κ3) is 3.87. The normalized spacial score (nSPS) is 17.2. The van der Waals surface area contributed by atoms with Gasteiger partial charge in [0.2, 0.25) is 5.91 Å². The average molecular weight is 356 g/mol. The van der Waals surface area contributed by atoms with Crippen molar-refractivity contribution in [3.63, 3.8) is 0 Å². The highest BCUT2D eigenvalue weighted by Crippen LogP contribution is 2.21. The molecule has 0 saturated carbocycles. The molecule has 7 nitrogen and oxygen atoms in total. The van der Waals surface area contributed by atoms with Gasteiger partial charge in [-0.2, -0.15) is 0 Å². The first kappa shape index (κ1) is 18.0. The van der Waals surface area contributed by atoms with Gasteiger partial charge in [-0.1, -0.05) is 32.0 Å². The van der Waals surface area contributed by atoms with Crippen LogP contribution in [0.5, 0.6) is 0 Å². The van der Waals surface area contributed by atoms with Gasteiger partial charge in [0.1, 0.15) is 12.6 Å². The van der Waals surface area contributed by atoms with Crippen LogP contribution in [-0.2, 0) is 16.0 Å². The fraction of sp³-hybridized carbons (Fsp3) is 0.421. The van der Waals surface area contributed by atoms with Gasteiger partial charge in [-0.25, -0.2) is 4.79 Å². The van der Waals surface area contributed by atoms with Crippen molar-refractivity contribution in [3.05, 3.63) is 36.0 Å². The van der Waals surface area contributed by atoms with Gasteiger partial charge in [0, 0.05) is 30.1 Å². The molecular weight excluding hydrogens is 332 g/mol. The molecule has 138 valence electrons. The van der Waals surface area contributed by atoms with Crippen molar-refractivity contribution in [2.45, 2.75) is 32.7 Å². The van der Waals surface area contributed by atoms with Crippen LogP contribution < -0.4 is 10.6 Å². The summed E-state index contributed by atoms with van der Waals surface area (Å²) >= 11 is 0. The number of imide groups is 1. The van der Waals surface area contributed by atoms with Gasteiger partial charge in [0.15, 0.2) is 0 Å². The quantitative estimate of drug-likeness (QED) is 0.660. The lowest BCUT2D eigenvalue weighted by Crippen LogP contribution is -2.41. The summed E-state index contributed by atoms with van der Waals surface area (Å²) in [7, 11) is 0. The Morgan fingerprint density at radius 2 is 2.04 bits per heavy atom. The van der Waals surface area contributed by atoms with Gasteiger partial charge >= 0.3 is 6.03 Å². The maximum atomic E-state index is 12.5. The van der Waals surface area contributed by atoms with Crippen LogP contribution in [0.15, 0.2) is 30.5 Å². The van der Waals surface area contributed by atoms with E-state index in [2.05, 4.69) is 29.5 Å². The second-order valence-corrected chi connectivity index (χ2v) is 7.02. The lowest BCUT2D eigenvalue weighted by Gasteiger charge is -2.13. The summed E-state index contributed by atoms with van der Waals surface area (Å²) < 4.78 is 0. The number of nitrogens with zero attached hydrogens (tertiary/aromatic N) is 1. The summed E-state index contributed by atoms with van der Waals surface area (Å²) in [4.78, 5) is 40.8. The monoisotopic (exact) mass is 356 g/mol. The molecule has 1 saturated heterocycles. The highest BCUT2D eigenvalue weighted by molar-refractivity contribution is 6.06. The second kappa shape index (κ2) is 7.59. The van der Waals surface area contributed by atoms with E-state index in [1.165, 1.54) is 0 Å². The molecule has 0 aliphatic carbocycles. The van der Waals surface area contributed by atoms with Crippen LogP contribution in [0.2, 0.25) is 0 Å². The Labute approximate surface area is 152 Å². The molecule has 26 heavy (non-hydrogen) atoms. The summed E-state index contributed by atoms with van der Waals surface area (Å²) in [6, 6.07) is 6.64. The Kier molecular flexibility index (Phi) is 5.25. The molecule has 1 aromatic heterocycles. The first-order valence-corrected chi connectivity index (χ1v) is 8.89. The molecule has 1 aromatic carbocycles. The topological polar surface area (TPSA) is 94.3 Å². The van der Waals surface area contributed by atoms with E-state index in [0.717, 1.165) is 27.8 Å². The molecule has 3 N–H and O–H groups in total. The van der Waals surface area contributed by atoms with Gasteiger partial charge in [-0.15, -0.1) is 0 Å². The minimum Gasteiger partial charge on any atom is -0.361 e. The molecule has 0 spiro atoms. The van der Waals surface area contributed by atoms with Gasteiger partial charge in [0.25, 0.3) is 5.91 Å². The first-order chi connectivity index (χ1) is 12.5. The van der Waals surface area contributed by atoms with E-state index in [1.54, 1.807) is 0 Å². The zero-order valence-corrected chi connectivity index (χ0v) is 15.0. The number of rotatable bonds is 7. The van der Waals surface area contributed by atoms with Crippen molar-refractivity contribution < 1.29 is 14.4 Å². The van der Waals surface area contributed by atoms with Gasteiger partial charge < -0.3 is 15.6 Å². The molecule has 3 rings (SSSR count). The summed E-state index contributed by atoms with van der Waals surface area (Å²) in [5.74, 6) is -0.200. The van der Waals surface area contributed by atoms with Gasteiger partial charge in [-0.05, 0) is 24.0 Å². The number of aromatic amines is 1. The summed E-state index contributed by atoms with van der Waals surface area (Å²) in [6.45, 7) is 4.43. The number of carbonyl (C=O) groups is 3. The van der Waals surface area contributed by atoms with Crippen molar-refractivity contribution in [1.29, 1.82) is 0 Å². The number of amides is 4. The predicted octanol–water partition coefficient (Wildman–Crippen LogP) is 1.79. The molecule has 1 fully saturated rings. The van der Waals surface area contributed by atoms with E-state index in [0.29, 0.717) is 18.9 Å². The smallest absolute Gasteiger partial charge is 0.325 e. The molecule has 0 bridgehead atoms. The van der Waals surface area contributed by atoms with Crippen LogP contribution in [0.1, 0.15) is 25.8 Å². The molecule has 2 heterocycles. The number of urea groups is 1. The van der Waals surface area contributed by atoms with E-state index < -0.39 is 12.1 Å². The molecule has 2 aromatic rings. The number of benzene rings is 1. The summed E-state index contributed by atoms with van der Waals surface area (Å²) in [5.41, 5.74) is 1.95. The van der Waals surface area contributed by atoms with E-state index >= 15 is 0 Å². The predicted molar refractivity (Wildman–Crippen MR) is 98.5 cm³/mol. The Hall–Kier alpha value is -2.83. The molecule has 1 unspecified atom stereocenters. The van der Waals surface area contributed by atoms with E-state index in [1.807, 2.05) is 30.5 Å².